The average Bonchev–Trinajstić information content (AvgIpc) is 3.52. The van der Waals surface area contributed by atoms with E-state index in [1.807, 2.05) is 30.9 Å². The summed E-state index contributed by atoms with van der Waals surface area (Å²) in [6.07, 6.45) is 8.79. The molecule has 12 heteroatoms. The predicted molar refractivity (Wildman–Crippen MR) is 144 cm³/mol. The second-order valence-electron chi connectivity index (χ2n) is 10.6. The van der Waals surface area contributed by atoms with Crippen LogP contribution in [0.3, 0.4) is 0 Å². The lowest BCUT2D eigenvalue weighted by molar-refractivity contribution is -0.170. The monoisotopic (exact) mass is 560 g/mol. The van der Waals surface area contributed by atoms with E-state index < -0.39 is 36.4 Å². The van der Waals surface area contributed by atoms with Crippen LogP contribution in [0.4, 0.5) is 4.39 Å². The maximum absolute atomic E-state index is 13.2. The number of benzene rings is 1. The number of aliphatic carboxylic acids is 3. The molecule has 40 heavy (non-hydrogen) atoms. The highest BCUT2D eigenvalue weighted by atomic mass is 19.1. The van der Waals surface area contributed by atoms with Crippen molar-refractivity contribution in [1.82, 2.24) is 19.0 Å². The van der Waals surface area contributed by atoms with Gasteiger partial charge < -0.3 is 29.6 Å². The van der Waals surface area contributed by atoms with Gasteiger partial charge in [0.15, 0.2) is 5.60 Å². The maximum atomic E-state index is 13.2. The number of rotatable bonds is 13. The number of hydrogen-bond donors (Lipinski definition) is 4. The van der Waals surface area contributed by atoms with Crippen LogP contribution in [0.2, 0.25) is 0 Å². The molecule has 0 bridgehead atoms. The third-order valence-electron chi connectivity index (χ3n) is 5.99. The first-order valence-electron chi connectivity index (χ1n) is 12.7. The van der Waals surface area contributed by atoms with E-state index in [0.717, 1.165) is 38.2 Å². The molecule has 0 atom stereocenters. The summed E-state index contributed by atoms with van der Waals surface area (Å²) in [5.41, 5.74) is -0.219. The van der Waals surface area contributed by atoms with E-state index >= 15 is 0 Å². The second kappa shape index (κ2) is 14.4. The Kier molecular flexibility index (Phi) is 11.6. The number of imidazole rings is 1. The van der Waals surface area contributed by atoms with Crippen molar-refractivity contribution >= 4 is 17.9 Å². The van der Waals surface area contributed by atoms with Crippen molar-refractivity contribution in [3.05, 3.63) is 78.4 Å². The molecule has 0 radical (unpaired) electrons. The van der Waals surface area contributed by atoms with E-state index in [4.69, 9.17) is 20.4 Å². The summed E-state index contributed by atoms with van der Waals surface area (Å²) in [6.45, 7) is 10.2. The zero-order chi connectivity index (χ0) is 29.9. The molecule has 0 saturated carbocycles. The highest BCUT2D eigenvalue weighted by Gasteiger charge is 2.40. The number of aliphatic hydroxyl groups is 1. The van der Waals surface area contributed by atoms with Crippen molar-refractivity contribution in [2.24, 2.45) is 0 Å². The van der Waals surface area contributed by atoms with E-state index in [9.17, 15) is 18.8 Å². The molecule has 2 aromatic heterocycles. The van der Waals surface area contributed by atoms with Crippen molar-refractivity contribution in [2.75, 3.05) is 6.54 Å². The zero-order valence-electron chi connectivity index (χ0n) is 22.9. The van der Waals surface area contributed by atoms with Crippen molar-refractivity contribution < 1.29 is 39.2 Å². The minimum Gasteiger partial charge on any atom is -0.481 e. The van der Waals surface area contributed by atoms with Gasteiger partial charge in [-0.25, -0.2) is 14.2 Å². The Hall–Kier alpha value is -4.03. The fourth-order valence-electron chi connectivity index (χ4n) is 3.88. The molecule has 0 fully saturated rings. The van der Waals surface area contributed by atoms with Crippen LogP contribution in [0.15, 0.2) is 61.4 Å². The number of aromatic nitrogens is 3. The molecule has 0 aliphatic rings. The van der Waals surface area contributed by atoms with Gasteiger partial charge in [0, 0.05) is 56.5 Å². The molecule has 218 valence electrons. The summed E-state index contributed by atoms with van der Waals surface area (Å²) >= 11 is 0. The van der Waals surface area contributed by atoms with Crippen LogP contribution in [-0.4, -0.2) is 69.5 Å². The van der Waals surface area contributed by atoms with Crippen molar-refractivity contribution in [2.45, 2.75) is 70.8 Å². The molecule has 0 aliphatic carbocycles. The zero-order valence-corrected chi connectivity index (χ0v) is 22.9. The number of halogens is 1. The number of hydrogen-bond acceptors (Lipinski definition) is 6. The molecule has 0 unspecified atom stereocenters. The molecular weight excluding hydrogens is 523 g/mol. The Labute approximate surface area is 232 Å². The van der Waals surface area contributed by atoms with Crippen molar-refractivity contribution in [3.63, 3.8) is 0 Å². The van der Waals surface area contributed by atoms with Gasteiger partial charge >= 0.3 is 17.9 Å². The standard InChI is InChI=1S/C22H29FN4.C6H8O7/c1-22(2,3)27-13-9-20(17-27)16-26(12-4-11-25-14-10-24-18-25)15-19-5-7-21(23)8-6-19;7-3(8)1-6(13,5(11)12)2-4(9)10/h5-10,13-14,17-18H,4,11-12,15-16H2,1-3H3;13H,1-2H2,(H,7,8)(H,9,10)(H,11,12). The molecule has 11 nitrogen and oxygen atoms in total. The quantitative estimate of drug-likeness (QED) is 0.246. The molecule has 0 aliphatic heterocycles. The second-order valence-corrected chi connectivity index (χ2v) is 10.6. The summed E-state index contributed by atoms with van der Waals surface area (Å²) in [5, 5.41) is 33.8. The first-order valence-corrected chi connectivity index (χ1v) is 12.7. The molecule has 0 saturated heterocycles. The van der Waals surface area contributed by atoms with Gasteiger partial charge in [-0.05, 0) is 56.5 Å². The number of carboxylic acid groups (broad SMARTS) is 3. The third-order valence-corrected chi connectivity index (χ3v) is 5.99. The number of aryl methyl sites for hydroxylation is 1. The highest BCUT2D eigenvalue weighted by Crippen LogP contribution is 2.18. The fourth-order valence-corrected chi connectivity index (χ4v) is 3.88. The minimum absolute atomic E-state index is 0.0848. The van der Waals surface area contributed by atoms with E-state index in [1.165, 1.54) is 17.7 Å². The molecule has 4 N–H and O–H groups in total. The summed E-state index contributed by atoms with van der Waals surface area (Å²) < 4.78 is 17.6. The van der Waals surface area contributed by atoms with E-state index in [2.05, 4.69) is 58.2 Å². The average molecular weight is 561 g/mol. The maximum Gasteiger partial charge on any atom is 0.336 e. The Morgan fingerprint density at radius 1 is 0.925 bits per heavy atom. The smallest absolute Gasteiger partial charge is 0.336 e. The lowest BCUT2D eigenvalue weighted by Gasteiger charge is -2.23. The van der Waals surface area contributed by atoms with Gasteiger partial charge in [-0.1, -0.05) is 12.1 Å². The van der Waals surface area contributed by atoms with E-state index in [-0.39, 0.29) is 11.4 Å². The number of carboxylic acids is 3. The molecular formula is C28H37FN4O7. The Balaban J connectivity index is 0.000000366. The van der Waals surface area contributed by atoms with Crippen LogP contribution in [0.1, 0.15) is 51.2 Å². The third kappa shape index (κ3) is 11.0. The van der Waals surface area contributed by atoms with Gasteiger partial charge in [0.2, 0.25) is 0 Å². The van der Waals surface area contributed by atoms with E-state index in [0.29, 0.717) is 0 Å². The van der Waals surface area contributed by atoms with Gasteiger partial charge in [0.05, 0.1) is 19.2 Å². The van der Waals surface area contributed by atoms with Crippen LogP contribution in [0.5, 0.6) is 0 Å². The molecule has 0 amide bonds. The predicted octanol–water partition coefficient (Wildman–Crippen LogP) is 3.42. The Bertz CT molecular complexity index is 1220. The summed E-state index contributed by atoms with van der Waals surface area (Å²) in [4.78, 5) is 37.0. The van der Waals surface area contributed by atoms with Crippen LogP contribution in [0, 0.1) is 5.82 Å². The minimum atomic E-state index is -2.74. The topological polar surface area (TPSA) is 158 Å². The van der Waals surface area contributed by atoms with Crippen molar-refractivity contribution in [1.29, 1.82) is 0 Å². The summed E-state index contributed by atoms with van der Waals surface area (Å²) in [6, 6.07) is 9.01. The van der Waals surface area contributed by atoms with Crippen molar-refractivity contribution in [3.8, 4) is 0 Å². The van der Waals surface area contributed by atoms with Gasteiger partial charge in [-0.3, -0.25) is 14.5 Å². The lowest BCUT2D eigenvalue weighted by Crippen LogP contribution is -2.42. The molecule has 1 aromatic carbocycles. The lowest BCUT2D eigenvalue weighted by atomic mass is 9.96. The SMILES string of the molecule is CC(C)(C)n1ccc(CN(CCCn2ccnc2)Cc2ccc(F)cc2)c1.O=C(O)CC(O)(CC(=O)O)C(=O)O. The molecule has 3 aromatic rings. The summed E-state index contributed by atoms with van der Waals surface area (Å²) in [7, 11) is 0. The van der Waals surface area contributed by atoms with Crippen LogP contribution >= 0.6 is 0 Å². The normalized spacial score (nSPS) is 11.7. The first-order chi connectivity index (χ1) is 18.7. The van der Waals surface area contributed by atoms with Crippen LogP contribution < -0.4 is 0 Å². The van der Waals surface area contributed by atoms with E-state index in [1.54, 1.807) is 0 Å². The summed E-state index contributed by atoms with van der Waals surface area (Å²) in [5.74, 6) is -5.21. The Morgan fingerprint density at radius 3 is 2.00 bits per heavy atom. The van der Waals surface area contributed by atoms with Gasteiger partial charge in [0.25, 0.3) is 0 Å². The molecule has 3 rings (SSSR count). The van der Waals surface area contributed by atoms with Gasteiger partial charge in [0.1, 0.15) is 5.82 Å². The fraction of sp³-hybridized carbons (Fsp3) is 0.429. The largest absolute Gasteiger partial charge is 0.481 e. The van der Waals surface area contributed by atoms with Gasteiger partial charge in [-0.15, -0.1) is 0 Å². The number of nitrogens with zero attached hydrogens (tertiary/aromatic N) is 4. The van der Waals surface area contributed by atoms with Gasteiger partial charge in [-0.2, -0.15) is 0 Å². The molecule has 0 spiro atoms. The van der Waals surface area contributed by atoms with Crippen LogP contribution in [-0.2, 0) is 39.6 Å². The first kappa shape index (κ1) is 32.2. The Morgan fingerprint density at radius 2 is 1.52 bits per heavy atom. The van der Waals surface area contributed by atoms with Crippen LogP contribution in [0.25, 0.3) is 0 Å². The number of carbonyl (C=O) groups is 3. The molecule has 2 heterocycles. The highest BCUT2D eigenvalue weighted by molar-refractivity contribution is 5.88.